The van der Waals surface area contributed by atoms with Gasteiger partial charge in [-0.15, -0.1) is 0 Å². The summed E-state index contributed by atoms with van der Waals surface area (Å²) >= 11 is 0. The standard InChI is InChI=1S/C19H26N2O/c1-13(2)16-6-8-17(9-7-16)19(22)20-11-10-18-12-14(3)21(5)15(18)4/h6-9,12-13H,10-11H2,1-5H3,(H,20,22). The van der Waals surface area contributed by atoms with Crippen LogP contribution in [0.2, 0.25) is 0 Å². The average Bonchev–Trinajstić information content (AvgIpc) is 2.74. The van der Waals surface area contributed by atoms with E-state index < -0.39 is 0 Å². The van der Waals surface area contributed by atoms with E-state index in [9.17, 15) is 4.79 Å². The van der Waals surface area contributed by atoms with Crippen molar-refractivity contribution in [2.75, 3.05) is 6.54 Å². The molecular formula is C19H26N2O. The van der Waals surface area contributed by atoms with Gasteiger partial charge in [0.1, 0.15) is 0 Å². The molecule has 3 heteroatoms. The number of nitrogens with one attached hydrogen (secondary N) is 1. The van der Waals surface area contributed by atoms with E-state index in [0.29, 0.717) is 12.5 Å². The number of rotatable bonds is 5. The Balaban J connectivity index is 1.91. The molecule has 2 aromatic rings. The van der Waals surface area contributed by atoms with Gasteiger partial charge in [0, 0.05) is 30.5 Å². The van der Waals surface area contributed by atoms with Gasteiger partial charge in [-0.05, 0) is 55.5 Å². The lowest BCUT2D eigenvalue weighted by Crippen LogP contribution is -2.25. The Labute approximate surface area is 133 Å². The van der Waals surface area contributed by atoms with Crippen molar-refractivity contribution in [2.45, 2.75) is 40.0 Å². The molecule has 0 aliphatic carbocycles. The third kappa shape index (κ3) is 3.59. The molecule has 1 amide bonds. The monoisotopic (exact) mass is 298 g/mol. The predicted molar refractivity (Wildman–Crippen MR) is 91.5 cm³/mol. The minimum atomic E-state index is 0.000567. The van der Waals surface area contributed by atoms with Crippen molar-refractivity contribution in [1.29, 1.82) is 0 Å². The van der Waals surface area contributed by atoms with Crippen molar-refractivity contribution in [1.82, 2.24) is 9.88 Å². The number of aromatic nitrogens is 1. The molecule has 118 valence electrons. The highest BCUT2D eigenvalue weighted by Crippen LogP contribution is 2.15. The Bertz CT molecular complexity index is 651. The van der Waals surface area contributed by atoms with Crippen molar-refractivity contribution < 1.29 is 4.79 Å². The molecule has 0 unspecified atom stereocenters. The second-order valence-corrected chi connectivity index (χ2v) is 6.24. The van der Waals surface area contributed by atoms with E-state index in [0.717, 1.165) is 12.0 Å². The number of carbonyl (C=O) groups excluding carboxylic acids is 1. The van der Waals surface area contributed by atoms with Gasteiger partial charge in [0.15, 0.2) is 0 Å². The van der Waals surface area contributed by atoms with Crippen LogP contribution in [0.15, 0.2) is 30.3 Å². The first-order chi connectivity index (χ1) is 10.4. The summed E-state index contributed by atoms with van der Waals surface area (Å²) in [6.07, 6.45) is 0.864. The molecule has 1 aromatic carbocycles. The molecule has 1 aromatic heterocycles. The smallest absolute Gasteiger partial charge is 0.251 e. The summed E-state index contributed by atoms with van der Waals surface area (Å²) in [7, 11) is 2.07. The lowest BCUT2D eigenvalue weighted by Gasteiger charge is -2.08. The molecule has 0 bridgehead atoms. The van der Waals surface area contributed by atoms with E-state index in [4.69, 9.17) is 0 Å². The Hall–Kier alpha value is -2.03. The minimum absolute atomic E-state index is 0.000567. The number of nitrogens with zero attached hydrogens (tertiary/aromatic N) is 1. The molecule has 0 fully saturated rings. The van der Waals surface area contributed by atoms with Crippen LogP contribution in [0.25, 0.3) is 0 Å². The molecule has 2 rings (SSSR count). The van der Waals surface area contributed by atoms with E-state index in [1.54, 1.807) is 0 Å². The topological polar surface area (TPSA) is 34.0 Å². The first-order valence-electron chi connectivity index (χ1n) is 7.90. The molecule has 0 saturated heterocycles. The summed E-state index contributed by atoms with van der Waals surface area (Å²) < 4.78 is 2.18. The van der Waals surface area contributed by atoms with Gasteiger partial charge in [-0.1, -0.05) is 26.0 Å². The molecular weight excluding hydrogens is 272 g/mol. The molecule has 3 nitrogen and oxygen atoms in total. The summed E-state index contributed by atoms with van der Waals surface area (Å²) in [5, 5.41) is 3.00. The average molecular weight is 298 g/mol. The largest absolute Gasteiger partial charge is 0.352 e. The van der Waals surface area contributed by atoms with E-state index in [2.05, 4.69) is 50.7 Å². The Kier molecular flexibility index (Phi) is 5.07. The van der Waals surface area contributed by atoms with Gasteiger partial charge in [0.2, 0.25) is 0 Å². The van der Waals surface area contributed by atoms with Crippen molar-refractivity contribution >= 4 is 5.91 Å². The highest BCUT2D eigenvalue weighted by atomic mass is 16.1. The van der Waals surface area contributed by atoms with Crippen LogP contribution < -0.4 is 5.32 Å². The van der Waals surface area contributed by atoms with Crippen LogP contribution in [0.4, 0.5) is 0 Å². The van der Waals surface area contributed by atoms with Crippen LogP contribution in [0, 0.1) is 13.8 Å². The van der Waals surface area contributed by atoms with Crippen LogP contribution in [0.1, 0.15) is 52.6 Å². The van der Waals surface area contributed by atoms with Crippen molar-refractivity contribution in [3.05, 3.63) is 58.4 Å². The second kappa shape index (κ2) is 6.82. The molecule has 0 spiro atoms. The zero-order valence-electron chi connectivity index (χ0n) is 14.2. The van der Waals surface area contributed by atoms with E-state index >= 15 is 0 Å². The minimum Gasteiger partial charge on any atom is -0.352 e. The number of hydrogen-bond donors (Lipinski definition) is 1. The zero-order valence-corrected chi connectivity index (χ0v) is 14.2. The molecule has 22 heavy (non-hydrogen) atoms. The van der Waals surface area contributed by atoms with Gasteiger partial charge in [0.25, 0.3) is 5.91 Å². The number of aryl methyl sites for hydroxylation is 1. The van der Waals surface area contributed by atoms with Gasteiger partial charge in [-0.25, -0.2) is 0 Å². The molecule has 0 radical (unpaired) electrons. The fourth-order valence-corrected chi connectivity index (χ4v) is 2.62. The Morgan fingerprint density at radius 3 is 2.32 bits per heavy atom. The Morgan fingerprint density at radius 1 is 1.18 bits per heavy atom. The number of hydrogen-bond acceptors (Lipinski definition) is 1. The SMILES string of the molecule is Cc1cc(CCNC(=O)c2ccc(C(C)C)cc2)c(C)n1C. The molecule has 0 saturated carbocycles. The summed E-state index contributed by atoms with van der Waals surface area (Å²) in [6.45, 7) is 9.19. The van der Waals surface area contributed by atoms with E-state index in [1.807, 2.05) is 24.3 Å². The van der Waals surface area contributed by atoms with Crippen LogP contribution in [0.3, 0.4) is 0 Å². The number of benzene rings is 1. The van der Waals surface area contributed by atoms with E-state index in [-0.39, 0.29) is 5.91 Å². The fraction of sp³-hybridized carbons (Fsp3) is 0.421. The van der Waals surface area contributed by atoms with Crippen LogP contribution in [-0.4, -0.2) is 17.0 Å². The summed E-state index contributed by atoms with van der Waals surface area (Å²) in [5.41, 5.74) is 5.81. The lowest BCUT2D eigenvalue weighted by atomic mass is 10.0. The third-order valence-electron chi connectivity index (χ3n) is 4.40. The lowest BCUT2D eigenvalue weighted by molar-refractivity contribution is 0.0954. The molecule has 0 aliphatic rings. The summed E-state index contributed by atoms with van der Waals surface area (Å²) in [6, 6.07) is 10.1. The fourth-order valence-electron chi connectivity index (χ4n) is 2.62. The molecule has 1 heterocycles. The van der Waals surface area contributed by atoms with Gasteiger partial charge in [0.05, 0.1) is 0 Å². The second-order valence-electron chi connectivity index (χ2n) is 6.24. The van der Waals surface area contributed by atoms with Crippen molar-refractivity contribution in [3.63, 3.8) is 0 Å². The highest BCUT2D eigenvalue weighted by Gasteiger charge is 2.08. The molecule has 0 aliphatic heterocycles. The van der Waals surface area contributed by atoms with Gasteiger partial charge >= 0.3 is 0 Å². The quantitative estimate of drug-likeness (QED) is 0.896. The number of amides is 1. The first-order valence-corrected chi connectivity index (χ1v) is 7.90. The highest BCUT2D eigenvalue weighted by molar-refractivity contribution is 5.94. The van der Waals surface area contributed by atoms with Gasteiger partial charge in [-0.2, -0.15) is 0 Å². The zero-order chi connectivity index (χ0) is 16.3. The Morgan fingerprint density at radius 2 is 1.82 bits per heavy atom. The van der Waals surface area contributed by atoms with E-state index in [1.165, 1.54) is 22.5 Å². The normalized spacial score (nSPS) is 11.0. The molecule has 1 N–H and O–H groups in total. The molecule has 0 atom stereocenters. The maximum Gasteiger partial charge on any atom is 0.251 e. The van der Waals surface area contributed by atoms with Crippen LogP contribution in [-0.2, 0) is 13.5 Å². The van der Waals surface area contributed by atoms with Crippen LogP contribution in [0.5, 0.6) is 0 Å². The maximum atomic E-state index is 12.2. The van der Waals surface area contributed by atoms with Crippen molar-refractivity contribution in [3.8, 4) is 0 Å². The van der Waals surface area contributed by atoms with Crippen LogP contribution >= 0.6 is 0 Å². The first kappa shape index (κ1) is 16.3. The van der Waals surface area contributed by atoms with Gasteiger partial charge < -0.3 is 9.88 Å². The summed E-state index contributed by atoms with van der Waals surface area (Å²) in [4.78, 5) is 12.2. The van der Waals surface area contributed by atoms with Gasteiger partial charge in [-0.3, -0.25) is 4.79 Å². The third-order valence-corrected chi connectivity index (χ3v) is 4.40. The maximum absolute atomic E-state index is 12.2. The predicted octanol–water partition coefficient (Wildman–Crippen LogP) is 3.74. The number of carbonyl (C=O) groups is 1. The summed E-state index contributed by atoms with van der Waals surface area (Å²) in [5.74, 6) is 0.488. The van der Waals surface area contributed by atoms with Crippen molar-refractivity contribution in [2.24, 2.45) is 7.05 Å².